The summed E-state index contributed by atoms with van der Waals surface area (Å²) in [4.78, 5) is 16.3. The molecule has 0 aromatic heterocycles. The molecular weight excluding hydrogens is 113 g/mol. The van der Waals surface area contributed by atoms with Crippen molar-refractivity contribution >= 4 is 8.38 Å². The van der Waals surface area contributed by atoms with Gasteiger partial charge < -0.3 is 15.5 Å². The van der Waals surface area contributed by atoms with Crippen molar-refractivity contribution in [2.75, 3.05) is 6.54 Å². The summed E-state index contributed by atoms with van der Waals surface area (Å²) in [5.74, 6) is 1.27. The summed E-state index contributed by atoms with van der Waals surface area (Å²) in [5, 5.41) is 0. The predicted molar refractivity (Wildman–Crippen MR) is 29.6 cm³/mol. The summed E-state index contributed by atoms with van der Waals surface area (Å²) in [6, 6.07) is 0. The maximum Gasteiger partial charge on any atom is 0.191 e. The van der Waals surface area contributed by atoms with Crippen LogP contribution in [0.4, 0.5) is 0 Å². The van der Waals surface area contributed by atoms with E-state index >= 15 is 0 Å². The lowest BCUT2D eigenvalue weighted by Crippen LogP contribution is -1.91. The van der Waals surface area contributed by atoms with Gasteiger partial charge in [0, 0.05) is 6.54 Å². The molecule has 0 saturated carbocycles. The van der Waals surface area contributed by atoms with Gasteiger partial charge in [0.05, 0.1) is 0 Å². The maximum absolute atomic E-state index is 8.16. The zero-order chi connectivity index (χ0) is 5.70. The molecule has 0 aromatic rings. The Kier molecular flexibility index (Phi) is 4.25. The van der Waals surface area contributed by atoms with Crippen molar-refractivity contribution in [3.63, 3.8) is 0 Å². The van der Waals surface area contributed by atoms with Gasteiger partial charge in [-0.3, -0.25) is 0 Å². The van der Waals surface area contributed by atoms with E-state index in [1.807, 2.05) is 0 Å². The van der Waals surface area contributed by atoms with Crippen LogP contribution in [0, 0.1) is 0 Å². The fraction of sp³-hybridized carbons (Fsp3) is 0.333. The molecule has 7 heavy (non-hydrogen) atoms. The first-order valence-corrected chi connectivity index (χ1v) is 3.12. The Balaban J connectivity index is 3.08. The molecule has 0 aliphatic heterocycles. The van der Waals surface area contributed by atoms with E-state index in [2.05, 4.69) is 0 Å². The molecular formula is C3H8NO2P. The normalized spacial score (nSPS) is 11.4. The Morgan fingerprint density at radius 2 is 2.14 bits per heavy atom. The number of hydrogen-bond acceptors (Lipinski definition) is 3. The van der Waals surface area contributed by atoms with Gasteiger partial charge in [0.1, 0.15) is 0 Å². The molecule has 4 N–H and O–H groups in total. The summed E-state index contributed by atoms with van der Waals surface area (Å²) in [5.41, 5.74) is 4.98. The number of nitrogens with two attached hydrogens (primary N) is 1. The highest BCUT2D eigenvalue weighted by atomic mass is 31.2. The highest BCUT2D eigenvalue weighted by Gasteiger charge is 1.83. The topological polar surface area (TPSA) is 66.5 Å². The molecule has 0 unspecified atom stereocenters. The molecule has 0 heterocycles. The molecule has 0 atom stereocenters. The standard InChI is InChI=1S/C3H8NO2P/c4-2-1-3-7(5)6/h1,3,5-6H,2,4H2/b3-1+. The molecule has 0 bridgehead atoms. The number of hydrogen-bond donors (Lipinski definition) is 3. The molecule has 0 spiro atoms. The van der Waals surface area contributed by atoms with E-state index in [-0.39, 0.29) is 0 Å². The highest BCUT2D eigenvalue weighted by Crippen LogP contribution is 2.23. The van der Waals surface area contributed by atoms with E-state index < -0.39 is 8.38 Å². The zero-order valence-electron chi connectivity index (χ0n) is 3.78. The third-order valence-corrected chi connectivity index (χ3v) is 0.852. The van der Waals surface area contributed by atoms with Crippen molar-refractivity contribution < 1.29 is 9.79 Å². The fourth-order valence-electron chi connectivity index (χ4n) is 0.155. The molecule has 0 saturated heterocycles. The van der Waals surface area contributed by atoms with Crippen LogP contribution in [0.5, 0.6) is 0 Å². The molecule has 0 radical (unpaired) electrons. The molecule has 0 aliphatic carbocycles. The van der Waals surface area contributed by atoms with Gasteiger partial charge in [-0.1, -0.05) is 6.08 Å². The van der Waals surface area contributed by atoms with Gasteiger partial charge in [-0.2, -0.15) is 0 Å². The van der Waals surface area contributed by atoms with Crippen molar-refractivity contribution in [2.45, 2.75) is 0 Å². The first-order chi connectivity index (χ1) is 3.27. The zero-order valence-corrected chi connectivity index (χ0v) is 4.68. The minimum absolute atomic E-state index is 0.361. The molecule has 3 nitrogen and oxygen atoms in total. The smallest absolute Gasteiger partial charge is 0.191 e. The van der Waals surface area contributed by atoms with E-state index in [4.69, 9.17) is 15.5 Å². The van der Waals surface area contributed by atoms with Crippen LogP contribution < -0.4 is 5.73 Å². The van der Waals surface area contributed by atoms with Gasteiger partial charge in [-0.25, -0.2) is 0 Å². The van der Waals surface area contributed by atoms with Crippen molar-refractivity contribution in [3.8, 4) is 0 Å². The van der Waals surface area contributed by atoms with Crippen molar-refractivity contribution in [3.05, 3.63) is 11.9 Å². The first-order valence-electron chi connectivity index (χ1n) is 1.81. The Labute approximate surface area is 43.4 Å². The van der Waals surface area contributed by atoms with Crippen LogP contribution in [0.15, 0.2) is 11.9 Å². The van der Waals surface area contributed by atoms with Gasteiger partial charge in [-0.05, 0) is 5.82 Å². The SMILES string of the molecule is NC/C=C/P(O)O. The third kappa shape index (κ3) is 6.05. The molecule has 0 aromatic carbocycles. The molecule has 4 heteroatoms. The second kappa shape index (κ2) is 4.22. The quantitative estimate of drug-likeness (QED) is 0.441. The monoisotopic (exact) mass is 121 g/mol. The average molecular weight is 121 g/mol. The van der Waals surface area contributed by atoms with Gasteiger partial charge in [-0.15, -0.1) is 0 Å². The summed E-state index contributed by atoms with van der Waals surface area (Å²) in [6.45, 7) is 0.361. The second-order valence-corrected chi connectivity index (χ2v) is 1.88. The van der Waals surface area contributed by atoms with Crippen molar-refractivity contribution in [1.29, 1.82) is 0 Å². The van der Waals surface area contributed by atoms with Crippen LogP contribution >= 0.6 is 8.38 Å². The van der Waals surface area contributed by atoms with Crippen molar-refractivity contribution in [1.82, 2.24) is 0 Å². The van der Waals surface area contributed by atoms with E-state index in [9.17, 15) is 0 Å². The Hall–Kier alpha value is 0.0500. The summed E-state index contributed by atoms with van der Waals surface area (Å²) >= 11 is 0. The summed E-state index contributed by atoms with van der Waals surface area (Å²) in [6.07, 6.45) is 1.51. The van der Waals surface area contributed by atoms with Crippen LogP contribution in [-0.4, -0.2) is 16.3 Å². The van der Waals surface area contributed by atoms with Gasteiger partial charge in [0.25, 0.3) is 0 Å². The van der Waals surface area contributed by atoms with Crippen LogP contribution in [0.1, 0.15) is 0 Å². The minimum atomic E-state index is -1.87. The number of rotatable bonds is 2. The van der Waals surface area contributed by atoms with Crippen LogP contribution in [0.3, 0.4) is 0 Å². The molecule has 0 aliphatic rings. The Morgan fingerprint density at radius 1 is 1.57 bits per heavy atom. The highest BCUT2D eigenvalue weighted by molar-refractivity contribution is 7.48. The van der Waals surface area contributed by atoms with Crippen LogP contribution in [0.2, 0.25) is 0 Å². The molecule has 0 rings (SSSR count). The lowest BCUT2D eigenvalue weighted by molar-refractivity contribution is 0.495. The Bertz CT molecular complexity index is 64.0. The summed E-state index contributed by atoms with van der Waals surface area (Å²) in [7, 11) is -1.87. The van der Waals surface area contributed by atoms with Crippen LogP contribution in [-0.2, 0) is 0 Å². The Morgan fingerprint density at radius 3 is 2.29 bits per heavy atom. The van der Waals surface area contributed by atoms with Gasteiger partial charge in [0.15, 0.2) is 8.38 Å². The first kappa shape index (κ1) is 7.05. The van der Waals surface area contributed by atoms with Crippen molar-refractivity contribution in [2.24, 2.45) is 5.73 Å². The van der Waals surface area contributed by atoms with E-state index in [0.717, 1.165) is 0 Å². The maximum atomic E-state index is 8.16. The van der Waals surface area contributed by atoms with E-state index in [1.165, 1.54) is 11.9 Å². The molecule has 0 amide bonds. The lowest BCUT2D eigenvalue weighted by Gasteiger charge is -1.87. The largest absolute Gasteiger partial charge is 0.347 e. The lowest BCUT2D eigenvalue weighted by atomic mass is 10.7. The third-order valence-electron chi connectivity index (χ3n) is 0.375. The van der Waals surface area contributed by atoms with Crippen LogP contribution in [0.25, 0.3) is 0 Å². The predicted octanol–water partition coefficient (Wildman–Crippen LogP) is -0.245. The fourth-order valence-corrected chi connectivity index (χ4v) is 0.465. The van der Waals surface area contributed by atoms with Gasteiger partial charge >= 0.3 is 0 Å². The summed E-state index contributed by atoms with van der Waals surface area (Å²) < 4.78 is 0. The average Bonchev–Trinajstić information content (AvgIpc) is 1.61. The van der Waals surface area contributed by atoms with E-state index in [0.29, 0.717) is 6.54 Å². The molecule has 42 valence electrons. The van der Waals surface area contributed by atoms with E-state index in [1.54, 1.807) is 0 Å². The minimum Gasteiger partial charge on any atom is -0.347 e. The second-order valence-electron chi connectivity index (χ2n) is 0.941. The molecule has 0 fully saturated rings. The van der Waals surface area contributed by atoms with Gasteiger partial charge in [0.2, 0.25) is 0 Å².